The van der Waals surface area contributed by atoms with E-state index in [-0.39, 0.29) is 11.7 Å². The van der Waals surface area contributed by atoms with Crippen LogP contribution in [0.5, 0.6) is 0 Å². The summed E-state index contributed by atoms with van der Waals surface area (Å²) in [6.45, 7) is 5.01. The molecule has 1 aliphatic rings. The van der Waals surface area contributed by atoms with Crippen molar-refractivity contribution in [3.8, 4) is 0 Å². The van der Waals surface area contributed by atoms with Crippen LogP contribution in [0.2, 0.25) is 0 Å². The fourth-order valence-corrected chi connectivity index (χ4v) is 3.44. The largest absolute Gasteiger partial charge is 0.371 e. The summed E-state index contributed by atoms with van der Waals surface area (Å²) in [5.74, 6) is -0.620. The first-order valence-electron chi connectivity index (χ1n) is 9.08. The van der Waals surface area contributed by atoms with Crippen LogP contribution in [0.15, 0.2) is 42.5 Å². The van der Waals surface area contributed by atoms with E-state index in [9.17, 15) is 9.18 Å². The standard InChI is InChI=1S/C21H25FN2O/c1-2-12-24-13-4-6-17-14-16(8-9-20(17)24)10-11-23-21(25)18-5-3-7-19(22)15-18/h3,5,7-9,14-15H,2,4,6,10-13H2,1H3,(H,23,25). The van der Waals surface area contributed by atoms with Gasteiger partial charge in [-0.05, 0) is 61.1 Å². The van der Waals surface area contributed by atoms with Crippen LogP contribution in [0.25, 0.3) is 0 Å². The zero-order chi connectivity index (χ0) is 17.6. The molecular weight excluding hydrogens is 315 g/mol. The lowest BCUT2D eigenvalue weighted by atomic mass is 9.98. The number of carbonyl (C=O) groups is 1. The van der Waals surface area contributed by atoms with Crippen molar-refractivity contribution in [2.24, 2.45) is 0 Å². The van der Waals surface area contributed by atoms with Crippen LogP contribution in [0.3, 0.4) is 0 Å². The number of halogens is 1. The molecule has 0 fully saturated rings. The summed E-state index contributed by atoms with van der Waals surface area (Å²) in [7, 11) is 0. The van der Waals surface area contributed by atoms with E-state index in [1.165, 1.54) is 35.4 Å². The first kappa shape index (κ1) is 17.5. The minimum atomic E-state index is -0.390. The maximum absolute atomic E-state index is 13.2. The van der Waals surface area contributed by atoms with Crippen molar-refractivity contribution >= 4 is 11.6 Å². The van der Waals surface area contributed by atoms with Crippen molar-refractivity contribution in [2.75, 3.05) is 24.5 Å². The Hall–Kier alpha value is -2.36. The van der Waals surface area contributed by atoms with E-state index in [2.05, 4.69) is 35.3 Å². The SMILES string of the molecule is CCCN1CCCc2cc(CCNC(=O)c3cccc(F)c3)ccc21. The Labute approximate surface area is 148 Å². The molecule has 0 aliphatic carbocycles. The molecule has 3 nitrogen and oxygen atoms in total. The highest BCUT2D eigenvalue weighted by Gasteiger charge is 2.16. The van der Waals surface area contributed by atoms with Crippen molar-refractivity contribution < 1.29 is 9.18 Å². The van der Waals surface area contributed by atoms with Crippen molar-refractivity contribution in [2.45, 2.75) is 32.6 Å². The maximum Gasteiger partial charge on any atom is 0.251 e. The molecule has 0 bridgehead atoms. The Balaban J connectivity index is 1.58. The third-order valence-corrected chi connectivity index (χ3v) is 4.64. The predicted octanol–water partition coefficient (Wildman–Crippen LogP) is 3.96. The van der Waals surface area contributed by atoms with E-state index in [1.54, 1.807) is 12.1 Å². The highest BCUT2D eigenvalue weighted by atomic mass is 19.1. The van der Waals surface area contributed by atoms with Gasteiger partial charge in [-0.3, -0.25) is 4.79 Å². The normalized spacial score (nSPS) is 13.4. The Morgan fingerprint density at radius 3 is 2.92 bits per heavy atom. The van der Waals surface area contributed by atoms with Crippen LogP contribution in [-0.2, 0) is 12.8 Å². The quantitative estimate of drug-likeness (QED) is 0.863. The van der Waals surface area contributed by atoms with E-state index < -0.39 is 0 Å². The van der Waals surface area contributed by atoms with Crippen molar-refractivity contribution in [1.82, 2.24) is 5.32 Å². The first-order valence-corrected chi connectivity index (χ1v) is 9.08. The number of hydrogen-bond donors (Lipinski definition) is 1. The van der Waals surface area contributed by atoms with Gasteiger partial charge in [0.15, 0.2) is 0 Å². The molecule has 1 aliphatic heterocycles. The number of amides is 1. The van der Waals surface area contributed by atoms with Gasteiger partial charge in [-0.2, -0.15) is 0 Å². The van der Waals surface area contributed by atoms with Crippen molar-refractivity contribution in [1.29, 1.82) is 0 Å². The molecule has 1 N–H and O–H groups in total. The lowest BCUT2D eigenvalue weighted by Crippen LogP contribution is -2.30. The molecule has 1 heterocycles. The Bertz CT molecular complexity index is 744. The van der Waals surface area contributed by atoms with Gasteiger partial charge >= 0.3 is 0 Å². The molecule has 0 saturated heterocycles. The van der Waals surface area contributed by atoms with Gasteiger partial charge in [-0.1, -0.05) is 25.1 Å². The molecule has 0 unspecified atom stereocenters. The lowest BCUT2D eigenvalue weighted by Gasteiger charge is -2.31. The second-order valence-electron chi connectivity index (χ2n) is 6.57. The highest BCUT2D eigenvalue weighted by molar-refractivity contribution is 5.94. The van der Waals surface area contributed by atoms with Gasteiger partial charge < -0.3 is 10.2 Å². The maximum atomic E-state index is 13.2. The molecule has 2 aromatic carbocycles. The molecule has 0 aromatic heterocycles. The Kier molecular flexibility index (Phi) is 5.69. The van der Waals surface area contributed by atoms with Crippen molar-refractivity contribution in [3.63, 3.8) is 0 Å². The molecule has 0 spiro atoms. The number of rotatable bonds is 6. The summed E-state index contributed by atoms with van der Waals surface area (Å²) in [5, 5.41) is 2.87. The van der Waals surface area contributed by atoms with Crippen LogP contribution >= 0.6 is 0 Å². The molecule has 0 radical (unpaired) electrons. The average Bonchev–Trinajstić information content (AvgIpc) is 2.62. The molecular formula is C21H25FN2O. The smallest absolute Gasteiger partial charge is 0.251 e. The third-order valence-electron chi connectivity index (χ3n) is 4.64. The fraction of sp³-hybridized carbons (Fsp3) is 0.381. The molecule has 2 aromatic rings. The second-order valence-corrected chi connectivity index (χ2v) is 6.57. The number of nitrogens with one attached hydrogen (secondary N) is 1. The zero-order valence-corrected chi connectivity index (χ0v) is 14.7. The first-order chi connectivity index (χ1) is 12.2. The molecule has 25 heavy (non-hydrogen) atoms. The topological polar surface area (TPSA) is 32.3 Å². The summed E-state index contributed by atoms with van der Waals surface area (Å²) in [5.41, 5.74) is 4.37. The molecule has 1 amide bonds. The van der Waals surface area contributed by atoms with Gasteiger partial charge in [0.1, 0.15) is 5.82 Å². The van der Waals surface area contributed by atoms with Crippen LogP contribution < -0.4 is 10.2 Å². The van der Waals surface area contributed by atoms with E-state index >= 15 is 0 Å². The third kappa shape index (κ3) is 4.38. The number of anilines is 1. The minimum absolute atomic E-state index is 0.230. The molecule has 0 atom stereocenters. The molecule has 0 saturated carbocycles. The van der Waals surface area contributed by atoms with Gasteiger partial charge in [0, 0.05) is 30.9 Å². The molecule has 132 valence electrons. The summed E-state index contributed by atoms with van der Waals surface area (Å²) in [4.78, 5) is 14.5. The van der Waals surface area contributed by atoms with Crippen LogP contribution in [0, 0.1) is 5.82 Å². The van der Waals surface area contributed by atoms with Gasteiger partial charge in [-0.15, -0.1) is 0 Å². The van der Waals surface area contributed by atoms with E-state index in [0.29, 0.717) is 12.1 Å². The van der Waals surface area contributed by atoms with Gasteiger partial charge in [-0.25, -0.2) is 4.39 Å². The Morgan fingerprint density at radius 2 is 2.12 bits per heavy atom. The monoisotopic (exact) mass is 340 g/mol. The summed E-state index contributed by atoms with van der Waals surface area (Å²) in [6, 6.07) is 12.4. The van der Waals surface area contributed by atoms with Gasteiger partial charge in [0.05, 0.1) is 0 Å². The minimum Gasteiger partial charge on any atom is -0.371 e. The van der Waals surface area contributed by atoms with Gasteiger partial charge in [0.25, 0.3) is 5.91 Å². The number of nitrogens with zero attached hydrogens (tertiary/aromatic N) is 1. The number of carbonyl (C=O) groups excluding carboxylic acids is 1. The Morgan fingerprint density at radius 1 is 1.24 bits per heavy atom. The zero-order valence-electron chi connectivity index (χ0n) is 14.7. The number of benzene rings is 2. The summed E-state index contributed by atoms with van der Waals surface area (Å²) in [6.07, 6.45) is 4.27. The van der Waals surface area contributed by atoms with Crippen LogP contribution in [0.4, 0.5) is 10.1 Å². The molecule has 3 rings (SSSR count). The fourth-order valence-electron chi connectivity index (χ4n) is 3.44. The van der Waals surface area contributed by atoms with Crippen molar-refractivity contribution in [3.05, 3.63) is 65.0 Å². The highest BCUT2D eigenvalue weighted by Crippen LogP contribution is 2.28. The van der Waals surface area contributed by atoms with E-state index in [0.717, 1.165) is 32.4 Å². The summed E-state index contributed by atoms with van der Waals surface area (Å²) < 4.78 is 13.2. The number of aryl methyl sites for hydroxylation is 1. The summed E-state index contributed by atoms with van der Waals surface area (Å²) >= 11 is 0. The number of hydrogen-bond acceptors (Lipinski definition) is 2. The second kappa shape index (κ2) is 8.15. The molecule has 4 heteroatoms. The van der Waals surface area contributed by atoms with Gasteiger partial charge in [0.2, 0.25) is 0 Å². The van der Waals surface area contributed by atoms with Crippen LogP contribution in [0.1, 0.15) is 41.3 Å². The predicted molar refractivity (Wildman–Crippen MR) is 99.7 cm³/mol. The lowest BCUT2D eigenvalue weighted by molar-refractivity contribution is 0.0953. The van der Waals surface area contributed by atoms with E-state index in [1.807, 2.05) is 0 Å². The average molecular weight is 340 g/mol. The number of fused-ring (bicyclic) bond motifs is 1. The van der Waals surface area contributed by atoms with E-state index in [4.69, 9.17) is 0 Å². The van der Waals surface area contributed by atoms with Crippen LogP contribution in [-0.4, -0.2) is 25.5 Å².